The molecule has 0 bridgehead atoms. The predicted molar refractivity (Wildman–Crippen MR) is 75.8 cm³/mol. The van der Waals surface area contributed by atoms with Gasteiger partial charge in [-0.25, -0.2) is 9.97 Å². The summed E-state index contributed by atoms with van der Waals surface area (Å²) in [6.45, 7) is 1.32. The van der Waals surface area contributed by atoms with Crippen molar-refractivity contribution in [3.63, 3.8) is 0 Å². The van der Waals surface area contributed by atoms with Gasteiger partial charge in [0.2, 0.25) is 0 Å². The van der Waals surface area contributed by atoms with E-state index in [1.807, 2.05) is 30.4 Å². The van der Waals surface area contributed by atoms with Gasteiger partial charge in [-0.1, -0.05) is 0 Å². The molecular formula is C12H16N4O2S. The van der Waals surface area contributed by atoms with E-state index in [4.69, 9.17) is 5.11 Å². The number of aromatic nitrogens is 2. The minimum absolute atomic E-state index is 0.0597. The van der Waals surface area contributed by atoms with Gasteiger partial charge in [-0.05, 0) is 25.5 Å². The monoisotopic (exact) mass is 280 g/mol. The van der Waals surface area contributed by atoms with E-state index >= 15 is 0 Å². The third-order valence-corrected chi connectivity index (χ3v) is 3.50. The smallest absolute Gasteiger partial charge is 0.323 e. The summed E-state index contributed by atoms with van der Waals surface area (Å²) in [4.78, 5) is 24.1. The third-order valence-electron chi connectivity index (χ3n) is 2.68. The number of anilines is 1. The maximum atomic E-state index is 11.0. The number of aliphatic carboxylic acids is 1. The minimum atomic E-state index is -0.860. The number of nitrogens with zero attached hydrogens (tertiary/aromatic N) is 4. The standard InChI is InChI=1S/C12H16N4O2S/c1-15(2)4-5-16(7-10(17)18)11-9-3-6-19-12(9)14-8-13-11/h3,6,8H,4-5,7H2,1-2H3,(H,17,18). The van der Waals surface area contributed by atoms with Gasteiger partial charge in [-0.3, -0.25) is 4.79 Å². The molecule has 0 saturated heterocycles. The van der Waals surface area contributed by atoms with Crippen LogP contribution in [0.15, 0.2) is 17.8 Å². The summed E-state index contributed by atoms with van der Waals surface area (Å²) >= 11 is 1.53. The molecule has 0 fully saturated rings. The number of thiophene rings is 1. The normalized spacial score (nSPS) is 11.1. The highest BCUT2D eigenvalue weighted by atomic mass is 32.1. The van der Waals surface area contributed by atoms with Crippen LogP contribution >= 0.6 is 11.3 Å². The van der Waals surface area contributed by atoms with E-state index in [9.17, 15) is 4.79 Å². The first-order valence-corrected chi connectivity index (χ1v) is 6.75. The highest BCUT2D eigenvalue weighted by Crippen LogP contribution is 2.26. The molecule has 0 unspecified atom stereocenters. The van der Waals surface area contributed by atoms with Gasteiger partial charge >= 0.3 is 5.97 Å². The Kier molecular flexibility index (Phi) is 4.28. The zero-order valence-corrected chi connectivity index (χ0v) is 11.7. The Bertz CT molecular complexity index is 570. The van der Waals surface area contributed by atoms with E-state index < -0.39 is 5.97 Å². The number of carboxylic acids is 1. The quantitative estimate of drug-likeness (QED) is 0.856. The molecule has 19 heavy (non-hydrogen) atoms. The van der Waals surface area contributed by atoms with Gasteiger partial charge < -0.3 is 14.9 Å². The van der Waals surface area contributed by atoms with Crippen molar-refractivity contribution in [1.29, 1.82) is 0 Å². The fraction of sp³-hybridized carbons (Fsp3) is 0.417. The maximum absolute atomic E-state index is 11.0. The van der Waals surface area contributed by atoms with Crippen LogP contribution in [0.4, 0.5) is 5.82 Å². The molecule has 0 aromatic carbocycles. The molecule has 0 saturated carbocycles. The molecule has 0 radical (unpaired) electrons. The van der Waals surface area contributed by atoms with Crippen molar-refractivity contribution in [3.05, 3.63) is 17.8 Å². The van der Waals surface area contributed by atoms with Crippen molar-refractivity contribution in [2.45, 2.75) is 0 Å². The zero-order chi connectivity index (χ0) is 13.8. The molecule has 102 valence electrons. The van der Waals surface area contributed by atoms with E-state index in [0.717, 1.165) is 16.8 Å². The molecular weight excluding hydrogens is 264 g/mol. The first-order valence-electron chi connectivity index (χ1n) is 5.87. The molecule has 6 nitrogen and oxygen atoms in total. The summed E-state index contributed by atoms with van der Waals surface area (Å²) in [6, 6.07) is 1.93. The summed E-state index contributed by atoms with van der Waals surface area (Å²) in [6.07, 6.45) is 1.48. The molecule has 0 amide bonds. The van der Waals surface area contributed by atoms with Crippen molar-refractivity contribution in [3.8, 4) is 0 Å². The summed E-state index contributed by atoms with van der Waals surface area (Å²) in [5.74, 6) is -0.170. The largest absolute Gasteiger partial charge is 0.480 e. The van der Waals surface area contributed by atoms with Crippen LogP contribution in [-0.2, 0) is 4.79 Å². The molecule has 7 heteroatoms. The lowest BCUT2D eigenvalue weighted by Gasteiger charge is -2.23. The van der Waals surface area contributed by atoms with Crippen LogP contribution in [0, 0.1) is 0 Å². The Morgan fingerprint density at radius 1 is 1.37 bits per heavy atom. The second kappa shape index (κ2) is 5.94. The van der Waals surface area contributed by atoms with Crippen molar-refractivity contribution in [2.24, 2.45) is 0 Å². The molecule has 2 aromatic heterocycles. The van der Waals surface area contributed by atoms with Crippen molar-refractivity contribution >= 4 is 33.3 Å². The third kappa shape index (κ3) is 3.39. The number of likely N-dealkylation sites (N-methyl/N-ethyl adjacent to an activating group) is 1. The molecule has 0 aliphatic heterocycles. The van der Waals surface area contributed by atoms with E-state index in [1.54, 1.807) is 4.90 Å². The van der Waals surface area contributed by atoms with Gasteiger partial charge in [0.25, 0.3) is 0 Å². The SMILES string of the molecule is CN(C)CCN(CC(=O)O)c1ncnc2sccc12. The summed E-state index contributed by atoms with van der Waals surface area (Å²) < 4.78 is 0. The highest BCUT2D eigenvalue weighted by Gasteiger charge is 2.16. The number of hydrogen-bond donors (Lipinski definition) is 1. The van der Waals surface area contributed by atoms with Crippen molar-refractivity contribution in [2.75, 3.05) is 38.6 Å². The second-order valence-corrected chi connectivity index (χ2v) is 5.35. The van der Waals surface area contributed by atoms with Gasteiger partial charge in [0.05, 0.1) is 5.39 Å². The van der Waals surface area contributed by atoms with Gasteiger partial charge in [-0.2, -0.15) is 0 Å². The average Bonchev–Trinajstić information content (AvgIpc) is 2.81. The molecule has 0 aliphatic rings. The minimum Gasteiger partial charge on any atom is -0.480 e. The Labute approximate surface area is 115 Å². The first-order chi connectivity index (χ1) is 9.08. The molecule has 0 spiro atoms. The van der Waals surface area contributed by atoms with Gasteiger partial charge in [-0.15, -0.1) is 11.3 Å². The highest BCUT2D eigenvalue weighted by molar-refractivity contribution is 7.16. The van der Waals surface area contributed by atoms with Gasteiger partial charge in [0.1, 0.15) is 23.5 Å². The van der Waals surface area contributed by atoms with Crippen molar-refractivity contribution < 1.29 is 9.90 Å². The van der Waals surface area contributed by atoms with Gasteiger partial charge in [0.15, 0.2) is 0 Å². The van der Waals surface area contributed by atoms with Crippen LogP contribution in [0.2, 0.25) is 0 Å². The number of carboxylic acid groups (broad SMARTS) is 1. The number of carbonyl (C=O) groups is 1. The van der Waals surface area contributed by atoms with Crippen LogP contribution in [0.25, 0.3) is 10.2 Å². The van der Waals surface area contributed by atoms with E-state index in [-0.39, 0.29) is 6.54 Å². The first kappa shape index (κ1) is 13.7. The zero-order valence-electron chi connectivity index (χ0n) is 10.9. The van der Waals surface area contributed by atoms with E-state index in [1.165, 1.54) is 17.7 Å². The Morgan fingerprint density at radius 2 is 2.16 bits per heavy atom. The molecule has 2 aromatic rings. The van der Waals surface area contributed by atoms with Crippen LogP contribution < -0.4 is 4.90 Å². The lowest BCUT2D eigenvalue weighted by Crippen LogP contribution is -2.36. The summed E-state index contributed by atoms with van der Waals surface area (Å²) in [5, 5.41) is 11.9. The molecule has 1 N–H and O–H groups in total. The van der Waals surface area contributed by atoms with Crippen molar-refractivity contribution in [1.82, 2.24) is 14.9 Å². The van der Waals surface area contributed by atoms with Crippen LogP contribution in [0.1, 0.15) is 0 Å². The Balaban J connectivity index is 2.30. The molecule has 0 aliphatic carbocycles. The summed E-state index contributed by atoms with van der Waals surface area (Å²) in [7, 11) is 3.91. The number of hydrogen-bond acceptors (Lipinski definition) is 6. The maximum Gasteiger partial charge on any atom is 0.323 e. The predicted octanol–water partition coefficient (Wildman–Crippen LogP) is 1.14. The van der Waals surface area contributed by atoms with Crippen LogP contribution in [-0.4, -0.2) is 59.7 Å². The van der Waals surface area contributed by atoms with Crippen LogP contribution in [0.3, 0.4) is 0 Å². The summed E-state index contributed by atoms with van der Waals surface area (Å²) in [5.41, 5.74) is 0. The Morgan fingerprint density at radius 3 is 2.84 bits per heavy atom. The fourth-order valence-corrected chi connectivity index (χ4v) is 2.50. The molecule has 2 rings (SSSR count). The molecule has 0 atom stereocenters. The second-order valence-electron chi connectivity index (χ2n) is 4.46. The fourth-order valence-electron chi connectivity index (χ4n) is 1.77. The van der Waals surface area contributed by atoms with Crippen LogP contribution in [0.5, 0.6) is 0 Å². The van der Waals surface area contributed by atoms with Gasteiger partial charge in [0, 0.05) is 13.1 Å². The Hall–Kier alpha value is -1.73. The number of rotatable bonds is 6. The molecule has 2 heterocycles. The lowest BCUT2D eigenvalue weighted by molar-refractivity contribution is -0.135. The topological polar surface area (TPSA) is 69.6 Å². The van der Waals surface area contributed by atoms with E-state index in [0.29, 0.717) is 12.4 Å². The lowest BCUT2D eigenvalue weighted by atomic mass is 10.3. The number of fused-ring (bicyclic) bond motifs is 1. The average molecular weight is 280 g/mol. The van der Waals surface area contributed by atoms with E-state index in [2.05, 4.69) is 9.97 Å².